The van der Waals surface area contributed by atoms with E-state index in [0.29, 0.717) is 25.9 Å². The van der Waals surface area contributed by atoms with Gasteiger partial charge >= 0.3 is 5.97 Å². The first kappa shape index (κ1) is 62.6. The average Bonchev–Trinajstić information content (AvgIpc) is 3.29. The third-order valence-electron chi connectivity index (χ3n) is 13.6. The summed E-state index contributed by atoms with van der Waals surface area (Å²) in [6, 6.07) is -0.553. The molecule has 2 unspecified atom stereocenters. The average molecular weight is 905 g/mol. The van der Waals surface area contributed by atoms with Crippen LogP contribution in [0, 0.1) is 0 Å². The van der Waals surface area contributed by atoms with E-state index in [2.05, 4.69) is 31.3 Å². The Morgan fingerprint density at radius 2 is 0.734 bits per heavy atom. The molecule has 0 aliphatic rings. The molecule has 1 amide bonds. The highest BCUT2D eigenvalue weighted by molar-refractivity contribution is 5.76. The van der Waals surface area contributed by atoms with Crippen LogP contribution in [0.2, 0.25) is 0 Å². The molecule has 64 heavy (non-hydrogen) atoms. The zero-order valence-electron chi connectivity index (χ0n) is 43.3. The van der Waals surface area contributed by atoms with Gasteiger partial charge in [-0.2, -0.15) is 0 Å². The number of hydrogen-bond acceptors (Lipinski definition) is 5. The number of esters is 1. The first-order valence-electron chi connectivity index (χ1n) is 28.9. The van der Waals surface area contributed by atoms with Crippen LogP contribution in [-0.4, -0.2) is 47.4 Å². The number of allylic oxidation sites excluding steroid dienone is 2. The van der Waals surface area contributed by atoms with Crippen molar-refractivity contribution in [2.24, 2.45) is 0 Å². The molecule has 0 rings (SSSR count). The summed E-state index contributed by atoms with van der Waals surface area (Å²) in [5.74, 6) is -0.0490. The predicted octanol–water partition coefficient (Wildman–Crippen LogP) is 17.7. The Morgan fingerprint density at radius 3 is 1.11 bits per heavy atom. The molecule has 0 heterocycles. The summed E-state index contributed by atoms with van der Waals surface area (Å²) in [7, 11) is 0. The fraction of sp³-hybridized carbons (Fsp3) is 0.931. The molecule has 0 aliphatic heterocycles. The lowest BCUT2D eigenvalue weighted by molar-refractivity contribution is -0.143. The monoisotopic (exact) mass is 904 g/mol. The number of ether oxygens (including phenoxy) is 1. The second kappa shape index (κ2) is 54.2. The molecule has 0 saturated heterocycles. The molecular formula is C58H113NO5. The summed E-state index contributed by atoms with van der Waals surface area (Å²) >= 11 is 0. The van der Waals surface area contributed by atoms with Gasteiger partial charge in [-0.25, -0.2) is 0 Å². The van der Waals surface area contributed by atoms with Crippen molar-refractivity contribution in [2.75, 3.05) is 13.2 Å². The van der Waals surface area contributed by atoms with Crippen LogP contribution in [0.25, 0.3) is 0 Å². The van der Waals surface area contributed by atoms with Crippen LogP contribution >= 0.6 is 0 Å². The molecule has 0 aromatic heterocycles. The van der Waals surface area contributed by atoms with Crippen molar-refractivity contribution in [3.05, 3.63) is 12.2 Å². The highest BCUT2D eigenvalue weighted by atomic mass is 16.5. The molecular weight excluding hydrogens is 791 g/mol. The van der Waals surface area contributed by atoms with Gasteiger partial charge in [-0.3, -0.25) is 9.59 Å². The first-order valence-corrected chi connectivity index (χ1v) is 28.9. The molecule has 0 radical (unpaired) electrons. The third kappa shape index (κ3) is 50.0. The number of amides is 1. The predicted molar refractivity (Wildman–Crippen MR) is 278 cm³/mol. The van der Waals surface area contributed by atoms with E-state index in [4.69, 9.17) is 4.74 Å². The lowest BCUT2D eigenvalue weighted by Gasteiger charge is -2.22. The Kier molecular flexibility index (Phi) is 53.0. The number of aliphatic hydroxyl groups excluding tert-OH is 2. The molecule has 0 spiro atoms. The zero-order chi connectivity index (χ0) is 46.5. The highest BCUT2D eigenvalue weighted by Crippen LogP contribution is 2.17. The lowest BCUT2D eigenvalue weighted by atomic mass is 10.0. The van der Waals surface area contributed by atoms with Gasteiger partial charge in [0.25, 0.3) is 0 Å². The minimum absolute atomic E-state index is 0.000689. The second-order valence-corrected chi connectivity index (χ2v) is 20.0. The van der Waals surface area contributed by atoms with E-state index in [1.807, 2.05) is 0 Å². The van der Waals surface area contributed by atoms with Crippen LogP contribution in [0.1, 0.15) is 322 Å². The van der Waals surface area contributed by atoms with Crippen molar-refractivity contribution in [1.82, 2.24) is 5.32 Å². The molecule has 6 heteroatoms. The van der Waals surface area contributed by atoms with Crippen LogP contribution in [-0.2, 0) is 14.3 Å². The van der Waals surface area contributed by atoms with Gasteiger partial charge in [0.1, 0.15) is 0 Å². The smallest absolute Gasteiger partial charge is 0.305 e. The Hall–Kier alpha value is -1.40. The fourth-order valence-corrected chi connectivity index (χ4v) is 9.11. The normalized spacial score (nSPS) is 12.6. The number of nitrogens with one attached hydrogen (secondary N) is 1. The Morgan fingerprint density at radius 1 is 0.422 bits per heavy atom. The number of unbranched alkanes of at least 4 members (excludes halogenated alkanes) is 41. The number of carbonyl (C=O) groups excluding carboxylic acids is 2. The van der Waals surface area contributed by atoms with Crippen LogP contribution in [0.4, 0.5) is 0 Å². The van der Waals surface area contributed by atoms with E-state index in [0.717, 1.165) is 64.2 Å². The van der Waals surface area contributed by atoms with Gasteiger partial charge in [0.2, 0.25) is 5.91 Å². The van der Waals surface area contributed by atoms with Gasteiger partial charge in [-0.1, -0.05) is 270 Å². The summed E-state index contributed by atoms with van der Waals surface area (Å²) < 4.78 is 5.47. The summed E-state index contributed by atoms with van der Waals surface area (Å²) in [6.07, 6.45) is 63.4. The van der Waals surface area contributed by atoms with Crippen LogP contribution in [0.5, 0.6) is 0 Å². The molecule has 6 nitrogen and oxygen atoms in total. The molecule has 0 aliphatic carbocycles. The molecule has 0 aromatic rings. The standard InChI is InChI=1S/C58H113NO5/c1-3-5-7-9-11-13-15-17-19-23-26-30-34-38-42-46-50-56(61)55(54-60)59-57(62)51-47-43-39-35-31-27-24-20-21-25-29-33-37-41-45-49-53-64-58(63)52-48-44-40-36-32-28-22-18-16-14-12-10-8-6-4-2/h20,24,55-56,60-61H,3-19,21-23,25-54H2,1-2H3,(H,59,62)/b24-20-. The molecule has 380 valence electrons. The van der Waals surface area contributed by atoms with E-state index < -0.39 is 12.1 Å². The van der Waals surface area contributed by atoms with Crippen molar-refractivity contribution in [2.45, 2.75) is 334 Å². The maximum Gasteiger partial charge on any atom is 0.305 e. The summed E-state index contributed by atoms with van der Waals surface area (Å²) in [5.41, 5.74) is 0. The van der Waals surface area contributed by atoms with Crippen LogP contribution in [0.15, 0.2) is 12.2 Å². The minimum atomic E-state index is -0.674. The largest absolute Gasteiger partial charge is 0.466 e. The zero-order valence-corrected chi connectivity index (χ0v) is 43.3. The number of aliphatic hydroxyl groups is 2. The van der Waals surface area contributed by atoms with Crippen molar-refractivity contribution < 1.29 is 24.5 Å². The summed E-state index contributed by atoms with van der Waals surface area (Å²) in [6.45, 7) is 4.95. The molecule has 0 aromatic carbocycles. The van der Waals surface area contributed by atoms with Crippen molar-refractivity contribution in [3.8, 4) is 0 Å². The minimum Gasteiger partial charge on any atom is -0.466 e. The maximum absolute atomic E-state index is 12.5. The molecule has 0 fully saturated rings. The number of hydrogen-bond donors (Lipinski definition) is 3. The van der Waals surface area contributed by atoms with E-state index in [1.165, 1.54) is 225 Å². The van der Waals surface area contributed by atoms with Gasteiger partial charge in [0.05, 0.1) is 25.4 Å². The molecule has 3 N–H and O–H groups in total. The lowest BCUT2D eigenvalue weighted by Crippen LogP contribution is -2.45. The quantitative estimate of drug-likeness (QED) is 0.0321. The van der Waals surface area contributed by atoms with Crippen molar-refractivity contribution in [1.29, 1.82) is 0 Å². The van der Waals surface area contributed by atoms with Gasteiger partial charge < -0.3 is 20.3 Å². The fourth-order valence-electron chi connectivity index (χ4n) is 9.11. The molecule has 0 saturated carbocycles. The third-order valence-corrected chi connectivity index (χ3v) is 13.6. The highest BCUT2D eigenvalue weighted by Gasteiger charge is 2.20. The van der Waals surface area contributed by atoms with E-state index in [-0.39, 0.29) is 18.5 Å². The number of rotatable bonds is 54. The second-order valence-electron chi connectivity index (χ2n) is 20.0. The Bertz CT molecular complexity index is 955. The van der Waals surface area contributed by atoms with Gasteiger partial charge in [-0.05, 0) is 51.4 Å². The van der Waals surface area contributed by atoms with Gasteiger partial charge in [-0.15, -0.1) is 0 Å². The van der Waals surface area contributed by atoms with E-state index >= 15 is 0 Å². The van der Waals surface area contributed by atoms with Crippen molar-refractivity contribution in [3.63, 3.8) is 0 Å². The van der Waals surface area contributed by atoms with Crippen LogP contribution < -0.4 is 5.32 Å². The molecule has 0 bridgehead atoms. The van der Waals surface area contributed by atoms with Gasteiger partial charge in [0, 0.05) is 12.8 Å². The Balaban J connectivity index is 3.45. The first-order chi connectivity index (χ1) is 31.5. The number of carbonyl (C=O) groups is 2. The topological polar surface area (TPSA) is 95.9 Å². The SMILES string of the molecule is CCCCCCCCCCCCCCCCCCC(O)C(CO)NC(=O)CCCCCCC/C=C\CCCCCCCCCOC(=O)CCCCCCCCCCCCCCCCC. The van der Waals surface area contributed by atoms with E-state index in [1.54, 1.807) is 0 Å². The molecule has 2 atom stereocenters. The summed E-state index contributed by atoms with van der Waals surface area (Å²) in [5, 5.41) is 23.3. The van der Waals surface area contributed by atoms with Crippen LogP contribution in [0.3, 0.4) is 0 Å². The maximum atomic E-state index is 12.5. The summed E-state index contributed by atoms with van der Waals surface area (Å²) in [4.78, 5) is 24.5. The van der Waals surface area contributed by atoms with E-state index in [9.17, 15) is 19.8 Å². The van der Waals surface area contributed by atoms with Gasteiger partial charge in [0.15, 0.2) is 0 Å². The van der Waals surface area contributed by atoms with Crippen molar-refractivity contribution >= 4 is 11.9 Å². The Labute approximate surface area is 399 Å².